The first-order valence-corrected chi connectivity index (χ1v) is 10.6. The normalized spacial score (nSPS) is 11.6. The Hall–Kier alpha value is -2.34. The molecule has 0 aliphatic rings. The molecule has 2 amide bonds. The van der Waals surface area contributed by atoms with E-state index in [9.17, 15) is 9.59 Å². The molecule has 1 N–H and O–H groups in total. The van der Waals surface area contributed by atoms with Gasteiger partial charge in [-0.15, -0.1) is 0 Å². The Balaban J connectivity index is 2.16. The minimum absolute atomic E-state index is 0.121. The number of rotatable bonds is 9. The third kappa shape index (κ3) is 6.89. The summed E-state index contributed by atoms with van der Waals surface area (Å²) in [7, 11) is 0. The van der Waals surface area contributed by atoms with Crippen LogP contribution in [0.4, 0.5) is 0 Å². The van der Waals surface area contributed by atoms with E-state index in [1.807, 2.05) is 63.2 Å². The second-order valence-corrected chi connectivity index (χ2v) is 8.09. The molecule has 0 aromatic heterocycles. The summed E-state index contributed by atoms with van der Waals surface area (Å²) in [4.78, 5) is 27.1. The summed E-state index contributed by atoms with van der Waals surface area (Å²) in [6, 6.07) is 13.0. The van der Waals surface area contributed by atoms with E-state index in [0.717, 1.165) is 27.6 Å². The number of carbonyl (C=O) groups is 2. The number of ether oxygens (including phenoxy) is 1. The van der Waals surface area contributed by atoms with Crippen LogP contribution in [0.1, 0.15) is 37.0 Å². The monoisotopic (exact) mass is 460 g/mol. The molecule has 0 unspecified atom stereocenters. The summed E-state index contributed by atoms with van der Waals surface area (Å²) in [5.74, 6) is 0.288. The molecular formula is C23H29BrN2O3. The fourth-order valence-corrected chi connectivity index (χ4v) is 3.34. The van der Waals surface area contributed by atoms with E-state index in [4.69, 9.17) is 4.74 Å². The van der Waals surface area contributed by atoms with Gasteiger partial charge in [-0.3, -0.25) is 9.59 Å². The van der Waals surface area contributed by atoms with Crippen molar-refractivity contribution in [1.82, 2.24) is 10.2 Å². The number of nitrogens with zero attached hydrogens (tertiary/aromatic N) is 1. The highest BCUT2D eigenvalue weighted by molar-refractivity contribution is 9.10. The van der Waals surface area contributed by atoms with Crippen molar-refractivity contribution < 1.29 is 14.3 Å². The molecule has 5 nitrogen and oxygen atoms in total. The van der Waals surface area contributed by atoms with Crippen molar-refractivity contribution in [3.05, 3.63) is 63.6 Å². The quantitative estimate of drug-likeness (QED) is 0.603. The number of hydrogen-bond acceptors (Lipinski definition) is 3. The van der Waals surface area contributed by atoms with Gasteiger partial charge in [-0.25, -0.2) is 0 Å². The van der Waals surface area contributed by atoms with Gasteiger partial charge in [0, 0.05) is 17.6 Å². The fourth-order valence-electron chi connectivity index (χ4n) is 2.90. The topological polar surface area (TPSA) is 58.6 Å². The summed E-state index contributed by atoms with van der Waals surface area (Å²) in [6.45, 7) is 8.46. The van der Waals surface area contributed by atoms with Gasteiger partial charge >= 0.3 is 0 Å². The second kappa shape index (κ2) is 11.0. The lowest BCUT2D eigenvalue weighted by Gasteiger charge is -2.29. The molecule has 0 heterocycles. The maximum atomic E-state index is 13.0. The standard InChI is InChI=1S/C23H29BrN2O3/c1-5-11-25-23(28)18(4)26(14-19-7-6-8-20(24)13-19)22(27)15-29-21-12-16(2)9-10-17(21)3/h6-10,12-13,18H,5,11,14-15H2,1-4H3,(H,25,28)/t18-/m0/s1. The van der Waals surface area contributed by atoms with Crippen molar-refractivity contribution in [1.29, 1.82) is 0 Å². The number of amides is 2. The number of halogens is 1. The first kappa shape index (κ1) is 22.9. The molecule has 156 valence electrons. The highest BCUT2D eigenvalue weighted by atomic mass is 79.9. The largest absolute Gasteiger partial charge is 0.483 e. The van der Waals surface area contributed by atoms with Crippen LogP contribution < -0.4 is 10.1 Å². The zero-order valence-corrected chi connectivity index (χ0v) is 19.1. The zero-order chi connectivity index (χ0) is 21.4. The van der Waals surface area contributed by atoms with Gasteiger partial charge in [0.25, 0.3) is 5.91 Å². The summed E-state index contributed by atoms with van der Waals surface area (Å²) < 4.78 is 6.73. The third-order valence-corrected chi connectivity index (χ3v) is 5.15. The maximum absolute atomic E-state index is 13.0. The van der Waals surface area contributed by atoms with Gasteiger partial charge in [-0.1, -0.05) is 47.1 Å². The number of aryl methyl sites for hydroxylation is 2. The lowest BCUT2D eigenvalue weighted by molar-refractivity contribution is -0.142. The van der Waals surface area contributed by atoms with Gasteiger partial charge in [0.1, 0.15) is 11.8 Å². The van der Waals surface area contributed by atoms with Crippen LogP contribution in [-0.4, -0.2) is 35.9 Å². The molecule has 2 rings (SSSR count). The van der Waals surface area contributed by atoms with Crippen LogP contribution in [0.3, 0.4) is 0 Å². The Morgan fingerprint density at radius 2 is 1.93 bits per heavy atom. The molecule has 2 aromatic carbocycles. The summed E-state index contributed by atoms with van der Waals surface area (Å²) in [6.07, 6.45) is 0.841. The maximum Gasteiger partial charge on any atom is 0.261 e. The van der Waals surface area contributed by atoms with Gasteiger partial charge < -0.3 is 15.0 Å². The van der Waals surface area contributed by atoms with E-state index in [1.165, 1.54) is 0 Å². The lowest BCUT2D eigenvalue weighted by Crippen LogP contribution is -2.49. The molecule has 1 atom stereocenters. The number of hydrogen-bond donors (Lipinski definition) is 1. The minimum atomic E-state index is -0.602. The molecular weight excluding hydrogens is 432 g/mol. The Kier molecular flexibility index (Phi) is 8.70. The van der Waals surface area contributed by atoms with Gasteiger partial charge in [-0.05, 0) is 62.1 Å². The Bertz CT molecular complexity index is 854. The highest BCUT2D eigenvalue weighted by Crippen LogP contribution is 2.20. The van der Waals surface area contributed by atoms with Crippen LogP contribution >= 0.6 is 15.9 Å². The SMILES string of the molecule is CCCNC(=O)[C@H](C)N(Cc1cccc(Br)c1)C(=O)COc1cc(C)ccc1C. The average Bonchev–Trinajstić information content (AvgIpc) is 2.70. The van der Waals surface area contributed by atoms with Gasteiger partial charge in [-0.2, -0.15) is 0 Å². The molecule has 0 bridgehead atoms. The van der Waals surface area contributed by atoms with Crippen molar-refractivity contribution in [2.45, 2.75) is 46.7 Å². The van der Waals surface area contributed by atoms with Crippen LogP contribution in [0.2, 0.25) is 0 Å². The Labute approximate surface area is 181 Å². The van der Waals surface area contributed by atoms with Crippen LogP contribution in [0.25, 0.3) is 0 Å². The predicted octanol–water partition coefficient (Wildman–Crippen LogP) is 4.39. The predicted molar refractivity (Wildman–Crippen MR) is 119 cm³/mol. The summed E-state index contributed by atoms with van der Waals surface area (Å²) in [5.41, 5.74) is 2.97. The van der Waals surface area contributed by atoms with Crippen molar-refractivity contribution in [3.8, 4) is 5.75 Å². The van der Waals surface area contributed by atoms with E-state index in [1.54, 1.807) is 11.8 Å². The van der Waals surface area contributed by atoms with Crippen molar-refractivity contribution in [2.24, 2.45) is 0 Å². The third-order valence-electron chi connectivity index (χ3n) is 4.65. The van der Waals surface area contributed by atoms with Crippen LogP contribution in [0.15, 0.2) is 46.9 Å². The molecule has 0 fully saturated rings. The van der Waals surface area contributed by atoms with Crippen molar-refractivity contribution >= 4 is 27.7 Å². The minimum Gasteiger partial charge on any atom is -0.483 e. The van der Waals surface area contributed by atoms with E-state index in [0.29, 0.717) is 18.8 Å². The van der Waals surface area contributed by atoms with Crippen LogP contribution in [-0.2, 0) is 16.1 Å². The van der Waals surface area contributed by atoms with Crippen molar-refractivity contribution in [2.75, 3.05) is 13.2 Å². The summed E-state index contributed by atoms with van der Waals surface area (Å²) >= 11 is 3.46. The first-order valence-electron chi connectivity index (χ1n) is 9.83. The van der Waals surface area contributed by atoms with E-state index in [-0.39, 0.29) is 18.4 Å². The molecule has 2 aromatic rings. The fraction of sp³-hybridized carbons (Fsp3) is 0.391. The van der Waals surface area contributed by atoms with E-state index < -0.39 is 6.04 Å². The number of nitrogens with one attached hydrogen (secondary N) is 1. The molecule has 0 saturated carbocycles. The van der Waals surface area contributed by atoms with E-state index >= 15 is 0 Å². The smallest absolute Gasteiger partial charge is 0.261 e. The number of benzene rings is 2. The Morgan fingerprint density at radius 3 is 2.62 bits per heavy atom. The molecule has 6 heteroatoms. The average molecular weight is 461 g/mol. The van der Waals surface area contributed by atoms with Gasteiger partial charge in [0.15, 0.2) is 6.61 Å². The molecule has 0 saturated heterocycles. The van der Waals surface area contributed by atoms with Gasteiger partial charge in [0.05, 0.1) is 0 Å². The second-order valence-electron chi connectivity index (χ2n) is 7.18. The summed E-state index contributed by atoms with van der Waals surface area (Å²) in [5, 5.41) is 2.87. The van der Waals surface area contributed by atoms with Crippen molar-refractivity contribution in [3.63, 3.8) is 0 Å². The molecule has 0 aliphatic carbocycles. The van der Waals surface area contributed by atoms with Crippen LogP contribution in [0, 0.1) is 13.8 Å². The molecule has 0 spiro atoms. The molecule has 29 heavy (non-hydrogen) atoms. The zero-order valence-electron chi connectivity index (χ0n) is 17.5. The molecule has 0 radical (unpaired) electrons. The lowest BCUT2D eigenvalue weighted by atomic mass is 10.1. The highest BCUT2D eigenvalue weighted by Gasteiger charge is 2.26. The van der Waals surface area contributed by atoms with Gasteiger partial charge in [0.2, 0.25) is 5.91 Å². The molecule has 0 aliphatic heterocycles. The van der Waals surface area contributed by atoms with Crippen LogP contribution in [0.5, 0.6) is 5.75 Å². The number of carbonyl (C=O) groups excluding carboxylic acids is 2. The first-order chi connectivity index (χ1) is 13.8. The Morgan fingerprint density at radius 1 is 1.17 bits per heavy atom. The van der Waals surface area contributed by atoms with E-state index in [2.05, 4.69) is 21.2 Å².